The van der Waals surface area contributed by atoms with Gasteiger partial charge < -0.3 is 5.32 Å². The summed E-state index contributed by atoms with van der Waals surface area (Å²) in [6.45, 7) is 11.0. The summed E-state index contributed by atoms with van der Waals surface area (Å²) in [7, 11) is 0. The first-order valence-electron chi connectivity index (χ1n) is 6.28. The highest BCUT2D eigenvalue weighted by Gasteiger charge is 2.20. The third kappa shape index (κ3) is 2.84. The van der Waals surface area contributed by atoms with E-state index in [4.69, 9.17) is 0 Å². The van der Waals surface area contributed by atoms with Crippen LogP contribution in [0.25, 0.3) is 0 Å². The predicted octanol–water partition coefficient (Wildman–Crippen LogP) is 3.17. The number of nitrogens with zero attached hydrogens (tertiary/aromatic N) is 2. The molecule has 3 nitrogen and oxygen atoms in total. The van der Waals surface area contributed by atoms with E-state index >= 15 is 0 Å². The first-order valence-corrected chi connectivity index (χ1v) is 6.28. The molecule has 1 aliphatic carbocycles. The van der Waals surface area contributed by atoms with Crippen LogP contribution in [-0.2, 0) is 0 Å². The van der Waals surface area contributed by atoms with Gasteiger partial charge in [0, 0.05) is 17.8 Å². The van der Waals surface area contributed by atoms with Gasteiger partial charge >= 0.3 is 0 Å². The number of nitrogens with one attached hydrogen (secondary N) is 1. The van der Waals surface area contributed by atoms with E-state index in [0.29, 0.717) is 0 Å². The van der Waals surface area contributed by atoms with Crippen LogP contribution >= 0.6 is 0 Å². The van der Waals surface area contributed by atoms with Crippen LogP contribution in [0, 0.1) is 26.7 Å². The standard InChI is InChI=1S/C14H21N3/c1-9-7-13(8-9)5-6-15-14-10(2)11(3)16-12(4)17-14/h13H,1,5-8H2,2-4H3,(H,15,16,17). The number of allylic oxidation sites excluding steroid dienone is 1. The van der Waals surface area contributed by atoms with Crippen LogP contribution in [0.3, 0.4) is 0 Å². The fourth-order valence-corrected chi connectivity index (χ4v) is 2.30. The summed E-state index contributed by atoms with van der Waals surface area (Å²) in [5, 5.41) is 3.43. The van der Waals surface area contributed by atoms with Crippen molar-refractivity contribution in [2.45, 2.75) is 40.0 Å². The van der Waals surface area contributed by atoms with E-state index in [0.717, 1.165) is 35.4 Å². The van der Waals surface area contributed by atoms with Gasteiger partial charge in [-0.15, -0.1) is 0 Å². The van der Waals surface area contributed by atoms with Crippen molar-refractivity contribution in [3.8, 4) is 0 Å². The smallest absolute Gasteiger partial charge is 0.132 e. The molecule has 0 saturated heterocycles. The molecule has 1 aliphatic rings. The number of hydrogen-bond acceptors (Lipinski definition) is 3. The van der Waals surface area contributed by atoms with E-state index in [-0.39, 0.29) is 0 Å². The van der Waals surface area contributed by atoms with Crippen molar-refractivity contribution in [3.63, 3.8) is 0 Å². The number of aryl methyl sites for hydroxylation is 2. The van der Waals surface area contributed by atoms with Crippen molar-refractivity contribution < 1.29 is 0 Å². The molecule has 0 spiro atoms. The van der Waals surface area contributed by atoms with Gasteiger partial charge in [0.15, 0.2) is 0 Å². The lowest BCUT2D eigenvalue weighted by Crippen LogP contribution is -2.18. The summed E-state index contributed by atoms with van der Waals surface area (Å²) in [6.07, 6.45) is 3.63. The van der Waals surface area contributed by atoms with Crippen LogP contribution in [-0.4, -0.2) is 16.5 Å². The fraction of sp³-hybridized carbons (Fsp3) is 0.571. The zero-order valence-electron chi connectivity index (χ0n) is 11.0. The van der Waals surface area contributed by atoms with Crippen LogP contribution < -0.4 is 5.32 Å². The van der Waals surface area contributed by atoms with Gasteiger partial charge in [-0.05, 0) is 46.0 Å². The second kappa shape index (κ2) is 4.86. The van der Waals surface area contributed by atoms with E-state index in [2.05, 4.69) is 28.8 Å². The molecule has 0 atom stereocenters. The maximum atomic E-state index is 4.45. The largest absolute Gasteiger partial charge is 0.370 e. The number of hydrogen-bond donors (Lipinski definition) is 1. The molecule has 1 N–H and O–H groups in total. The Morgan fingerprint density at radius 1 is 1.24 bits per heavy atom. The van der Waals surface area contributed by atoms with Gasteiger partial charge in [-0.1, -0.05) is 12.2 Å². The predicted molar refractivity (Wildman–Crippen MR) is 71.2 cm³/mol. The van der Waals surface area contributed by atoms with Gasteiger partial charge in [0.25, 0.3) is 0 Å². The lowest BCUT2D eigenvalue weighted by Gasteiger charge is -2.28. The monoisotopic (exact) mass is 231 g/mol. The minimum absolute atomic E-state index is 0.833. The van der Waals surface area contributed by atoms with E-state index in [9.17, 15) is 0 Å². The Kier molecular flexibility index (Phi) is 3.46. The van der Waals surface area contributed by atoms with Crippen molar-refractivity contribution in [2.75, 3.05) is 11.9 Å². The Labute approximate surface area is 103 Å². The third-order valence-corrected chi connectivity index (χ3v) is 3.50. The molecule has 0 amide bonds. The Hall–Kier alpha value is -1.38. The van der Waals surface area contributed by atoms with Crippen LogP contribution in [0.5, 0.6) is 0 Å². The highest BCUT2D eigenvalue weighted by molar-refractivity contribution is 5.45. The summed E-state index contributed by atoms with van der Waals surface area (Å²) in [4.78, 5) is 8.80. The van der Waals surface area contributed by atoms with Crippen LogP contribution in [0.4, 0.5) is 5.82 Å². The molecule has 0 aliphatic heterocycles. The third-order valence-electron chi connectivity index (χ3n) is 3.50. The van der Waals surface area contributed by atoms with E-state index in [1.807, 2.05) is 13.8 Å². The molecule has 1 heterocycles. The minimum atomic E-state index is 0.833. The topological polar surface area (TPSA) is 37.8 Å². The van der Waals surface area contributed by atoms with Gasteiger partial charge in [0.2, 0.25) is 0 Å². The lowest BCUT2D eigenvalue weighted by molar-refractivity contribution is 0.400. The molecule has 1 saturated carbocycles. The Morgan fingerprint density at radius 3 is 2.59 bits per heavy atom. The van der Waals surface area contributed by atoms with Crippen molar-refractivity contribution >= 4 is 5.82 Å². The maximum Gasteiger partial charge on any atom is 0.132 e. The first kappa shape index (κ1) is 12.1. The normalized spacial score (nSPS) is 15.8. The molecule has 1 fully saturated rings. The van der Waals surface area contributed by atoms with Crippen molar-refractivity contribution in [3.05, 3.63) is 29.2 Å². The lowest BCUT2D eigenvalue weighted by atomic mass is 9.79. The highest BCUT2D eigenvalue weighted by Crippen LogP contribution is 2.33. The zero-order chi connectivity index (χ0) is 12.4. The fourth-order valence-electron chi connectivity index (χ4n) is 2.30. The van der Waals surface area contributed by atoms with Crippen LogP contribution in [0.1, 0.15) is 36.3 Å². The van der Waals surface area contributed by atoms with Crippen LogP contribution in [0.2, 0.25) is 0 Å². The first-order chi connectivity index (χ1) is 8.06. The molecule has 0 unspecified atom stereocenters. The number of rotatable bonds is 4. The molecule has 92 valence electrons. The second-order valence-electron chi connectivity index (χ2n) is 5.07. The molecule has 0 aromatic carbocycles. The van der Waals surface area contributed by atoms with E-state index in [1.165, 1.54) is 24.8 Å². The summed E-state index contributed by atoms with van der Waals surface area (Å²) in [5.74, 6) is 2.67. The Bertz CT molecular complexity index is 429. The van der Waals surface area contributed by atoms with Gasteiger partial charge in [-0.25, -0.2) is 9.97 Å². The molecule has 0 radical (unpaired) electrons. The van der Waals surface area contributed by atoms with Crippen molar-refractivity contribution in [2.24, 2.45) is 5.92 Å². The van der Waals surface area contributed by atoms with Crippen molar-refractivity contribution in [1.29, 1.82) is 0 Å². The summed E-state index contributed by atoms with van der Waals surface area (Å²) < 4.78 is 0. The molecular weight excluding hydrogens is 210 g/mol. The molecule has 1 aromatic rings. The maximum absolute atomic E-state index is 4.45. The second-order valence-corrected chi connectivity index (χ2v) is 5.07. The van der Waals surface area contributed by atoms with Gasteiger partial charge in [0.1, 0.15) is 11.6 Å². The summed E-state index contributed by atoms with van der Waals surface area (Å²) >= 11 is 0. The number of anilines is 1. The van der Waals surface area contributed by atoms with E-state index in [1.54, 1.807) is 0 Å². The average molecular weight is 231 g/mol. The van der Waals surface area contributed by atoms with E-state index < -0.39 is 0 Å². The average Bonchev–Trinajstić information content (AvgIpc) is 2.22. The minimum Gasteiger partial charge on any atom is -0.370 e. The SMILES string of the molecule is C=C1CC(CCNc2nc(C)nc(C)c2C)C1. The molecule has 3 heteroatoms. The summed E-state index contributed by atoms with van der Waals surface area (Å²) in [5.41, 5.74) is 3.63. The van der Waals surface area contributed by atoms with Crippen LogP contribution in [0.15, 0.2) is 12.2 Å². The van der Waals surface area contributed by atoms with Crippen molar-refractivity contribution in [1.82, 2.24) is 9.97 Å². The molecule has 17 heavy (non-hydrogen) atoms. The zero-order valence-corrected chi connectivity index (χ0v) is 11.0. The van der Waals surface area contributed by atoms with Gasteiger partial charge in [-0.2, -0.15) is 0 Å². The van der Waals surface area contributed by atoms with Gasteiger partial charge in [-0.3, -0.25) is 0 Å². The Morgan fingerprint density at radius 2 is 1.94 bits per heavy atom. The molecule has 1 aromatic heterocycles. The summed E-state index contributed by atoms with van der Waals surface area (Å²) in [6, 6.07) is 0. The molecule has 2 rings (SSSR count). The van der Waals surface area contributed by atoms with Gasteiger partial charge in [0.05, 0.1) is 0 Å². The molecule has 0 bridgehead atoms. The quantitative estimate of drug-likeness (QED) is 0.809. The highest BCUT2D eigenvalue weighted by atomic mass is 15.0. The molecular formula is C14H21N3. The Balaban J connectivity index is 1.88. The number of aromatic nitrogens is 2.